The standard InChI is InChI=1S/C29H26N4O4S/c1-18-5-4-6-21(17-18)31-25(34)14-16-33-27(26(32-29(33)38)22-7-2-3-15-30-22)24-13-12-23(37-24)19-8-10-20(11-9-19)28(35)36/h2-13,15,17,26-27H,14,16H2,1H3,(H,31,34)(H,32,38)(H,35,36)/t26-,27-/m1/s1. The molecule has 38 heavy (non-hydrogen) atoms. The molecule has 3 N–H and O–H groups in total. The van der Waals surface area contributed by atoms with E-state index in [9.17, 15) is 14.7 Å². The molecule has 1 aliphatic rings. The Kier molecular flexibility index (Phi) is 7.19. The quantitative estimate of drug-likeness (QED) is 0.264. The van der Waals surface area contributed by atoms with Crippen LogP contribution in [0.2, 0.25) is 0 Å². The predicted octanol–water partition coefficient (Wildman–Crippen LogP) is 5.35. The van der Waals surface area contributed by atoms with Crippen LogP contribution in [0.1, 0.15) is 45.9 Å². The minimum atomic E-state index is -0.984. The molecule has 8 nitrogen and oxygen atoms in total. The number of carbonyl (C=O) groups is 2. The average molecular weight is 527 g/mol. The van der Waals surface area contributed by atoms with E-state index >= 15 is 0 Å². The number of nitrogens with zero attached hydrogens (tertiary/aromatic N) is 2. The Hall–Kier alpha value is -4.50. The number of carbonyl (C=O) groups excluding carboxylic acids is 1. The number of carboxylic acids is 1. The number of aromatic nitrogens is 1. The molecular weight excluding hydrogens is 500 g/mol. The molecule has 5 rings (SSSR count). The molecule has 1 fully saturated rings. The van der Waals surface area contributed by atoms with Crippen LogP contribution in [-0.4, -0.2) is 38.5 Å². The number of carboxylic acid groups (broad SMARTS) is 1. The summed E-state index contributed by atoms with van der Waals surface area (Å²) in [6, 6.07) is 23.0. The first-order valence-electron chi connectivity index (χ1n) is 12.2. The van der Waals surface area contributed by atoms with E-state index in [-0.39, 0.29) is 30.0 Å². The van der Waals surface area contributed by atoms with Gasteiger partial charge in [0.05, 0.1) is 17.3 Å². The highest BCUT2D eigenvalue weighted by atomic mass is 32.1. The molecule has 2 atom stereocenters. The van der Waals surface area contributed by atoms with E-state index in [0.29, 0.717) is 23.2 Å². The van der Waals surface area contributed by atoms with Gasteiger partial charge in [-0.3, -0.25) is 9.78 Å². The zero-order valence-electron chi connectivity index (χ0n) is 20.6. The fourth-order valence-corrected chi connectivity index (χ4v) is 4.90. The number of hydrogen-bond acceptors (Lipinski definition) is 5. The lowest BCUT2D eigenvalue weighted by atomic mass is 10.0. The Morgan fingerprint density at radius 2 is 1.89 bits per heavy atom. The van der Waals surface area contributed by atoms with Crippen LogP contribution in [0.3, 0.4) is 0 Å². The van der Waals surface area contributed by atoms with Crippen LogP contribution < -0.4 is 10.6 Å². The predicted molar refractivity (Wildman–Crippen MR) is 148 cm³/mol. The van der Waals surface area contributed by atoms with Crippen molar-refractivity contribution in [3.05, 3.63) is 108 Å². The second-order valence-electron chi connectivity index (χ2n) is 9.07. The van der Waals surface area contributed by atoms with Gasteiger partial charge in [-0.15, -0.1) is 0 Å². The number of nitrogens with one attached hydrogen (secondary N) is 2. The smallest absolute Gasteiger partial charge is 0.335 e. The second kappa shape index (κ2) is 10.9. The zero-order valence-corrected chi connectivity index (χ0v) is 21.4. The van der Waals surface area contributed by atoms with E-state index in [1.54, 1.807) is 30.5 Å². The molecule has 9 heteroatoms. The van der Waals surface area contributed by atoms with Crippen LogP contribution in [0.4, 0.5) is 5.69 Å². The number of hydrogen-bond donors (Lipinski definition) is 3. The largest absolute Gasteiger partial charge is 0.478 e. The first kappa shape index (κ1) is 25.2. The van der Waals surface area contributed by atoms with Crippen molar-refractivity contribution in [1.29, 1.82) is 0 Å². The fraction of sp³-hybridized carbons (Fsp3) is 0.172. The monoisotopic (exact) mass is 526 g/mol. The number of benzene rings is 2. The molecular formula is C29H26N4O4S. The van der Waals surface area contributed by atoms with Gasteiger partial charge >= 0.3 is 5.97 Å². The molecule has 0 radical (unpaired) electrons. The number of aryl methyl sites for hydroxylation is 1. The van der Waals surface area contributed by atoms with Crippen LogP contribution in [0.5, 0.6) is 0 Å². The lowest BCUT2D eigenvalue weighted by Gasteiger charge is -2.25. The summed E-state index contributed by atoms with van der Waals surface area (Å²) in [4.78, 5) is 30.5. The van der Waals surface area contributed by atoms with Crippen molar-refractivity contribution in [2.45, 2.75) is 25.4 Å². The maximum absolute atomic E-state index is 12.8. The molecule has 1 aliphatic heterocycles. The summed E-state index contributed by atoms with van der Waals surface area (Å²) in [5.74, 6) is 0.163. The lowest BCUT2D eigenvalue weighted by Crippen LogP contribution is -2.32. The first-order valence-corrected chi connectivity index (χ1v) is 12.6. The molecule has 192 valence electrons. The molecule has 1 saturated heterocycles. The van der Waals surface area contributed by atoms with E-state index in [1.807, 2.05) is 66.4 Å². The Balaban J connectivity index is 1.39. The normalized spacial score (nSPS) is 16.8. The lowest BCUT2D eigenvalue weighted by molar-refractivity contribution is -0.116. The van der Waals surface area contributed by atoms with E-state index in [4.69, 9.17) is 16.6 Å². The SMILES string of the molecule is Cc1cccc(NC(=O)CCN2C(=S)N[C@H](c3ccccn3)[C@H]2c2ccc(-c3ccc(C(=O)O)cc3)o2)c1. The summed E-state index contributed by atoms with van der Waals surface area (Å²) in [5.41, 5.74) is 3.58. The molecule has 4 aromatic rings. The highest BCUT2D eigenvalue weighted by Crippen LogP contribution is 2.40. The molecule has 0 saturated carbocycles. The van der Waals surface area contributed by atoms with Gasteiger partial charge in [0.2, 0.25) is 5.91 Å². The molecule has 0 bridgehead atoms. The Labute approximate surface area is 225 Å². The third-order valence-corrected chi connectivity index (χ3v) is 6.77. The number of thiocarbonyl (C=S) groups is 1. The van der Waals surface area contributed by atoms with Crippen LogP contribution in [0.25, 0.3) is 11.3 Å². The minimum absolute atomic E-state index is 0.114. The summed E-state index contributed by atoms with van der Waals surface area (Å²) >= 11 is 5.69. The summed E-state index contributed by atoms with van der Waals surface area (Å²) in [6.07, 6.45) is 1.96. The maximum atomic E-state index is 12.8. The van der Waals surface area contributed by atoms with Crippen molar-refractivity contribution in [2.24, 2.45) is 0 Å². The van der Waals surface area contributed by atoms with Crippen LogP contribution in [-0.2, 0) is 4.79 Å². The highest BCUT2D eigenvalue weighted by Gasteiger charge is 2.41. The highest BCUT2D eigenvalue weighted by molar-refractivity contribution is 7.80. The van der Waals surface area contributed by atoms with Crippen molar-refractivity contribution in [3.8, 4) is 11.3 Å². The van der Waals surface area contributed by atoms with Gasteiger partial charge in [-0.1, -0.05) is 30.3 Å². The van der Waals surface area contributed by atoms with Gasteiger partial charge in [-0.2, -0.15) is 0 Å². The topological polar surface area (TPSA) is 108 Å². The Bertz CT molecular complexity index is 1470. The number of rotatable bonds is 8. The van der Waals surface area contributed by atoms with E-state index in [2.05, 4.69) is 15.6 Å². The van der Waals surface area contributed by atoms with Crippen molar-refractivity contribution in [2.75, 3.05) is 11.9 Å². The average Bonchev–Trinajstić information content (AvgIpc) is 3.52. The molecule has 0 aliphatic carbocycles. The van der Waals surface area contributed by atoms with Crippen LogP contribution >= 0.6 is 12.2 Å². The van der Waals surface area contributed by atoms with E-state index in [1.165, 1.54) is 0 Å². The second-order valence-corrected chi connectivity index (χ2v) is 9.46. The number of amides is 1. The number of aromatic carboxylic acids is 1. The number of pyridine rings is 1. The molecule has 2 aromatic carbocycles. The van der Waals surface area contributed by atoms with Gasteiger partial charge in [-0.05, 0) is 73.2 Å². The number of anilines is 1. The van der Waals surface area contributed by atoms with Crippen molar-refractivity contribution in [3.63, 3.8) is 0 Å². The third-order valence-electron chi connectivity index (χ3n) is 6.41. The minimum Gasteiger partial charge on any atom is -0.478 e. The summed E-state index contributed by atoms with van der Waals surface area (Å²) in [5, 5.41) is 16.0. The molecule has 3 heterocycles. The van der Waals surface area contributed by atoms with Crippen LogP contribution in [0.15, 0.2) is 89.5 Å². The molecule has 0 spiro atoms. The van der Waals surface area contributed by atoms with Gasteiger partial charge in [0.15, 0.2) is 5.11 Å². The van der Waals surface area contributed by atoms with Crippen molar-refractivity contribution < 1.29 is 19.1 Å². The van der Waals surface area contributed by atoms with Gasteiger partial charge in [0, 0.05) is 30.4 Å². The summed E-state index contributed by atoms with van der Waals surface area (Å²) < 4.78 is 6.28. The molecule has 1 amide bonds. The van der Waals surface area contributed by atoms with Gasteiger partial charge in [0.1, 0.15) is 17.6 Å². The third kappa shape index (κ3) is 5.42. The first-order chi connectivity index (χ1) is 18.4. The van der Waals surface area contributed by atoms with Crippen molar-refractivity contribution in [1.82, 2.24) is 15.2 Å². The summed E-state index contributed by atoms with van der Waals surface area (Å²) in [7, 11) is 0. The van der Waals surface area contributed by atoms with Crippen molar-refractivity contribution >= 4 is 34.9 Å². The molecule has 2 aromatic heterocycles. The van der Waals surface area contributed by atoms with Gasteiger partial charge in [0.25, 0.3) is 0 Å². The maximum Gasteiger partial charge on any atom is 0.335 e. The number of furan rings is 1. The fourth-order valence-electron chi connectivity index (χ4n) is 4.57. The molecule has 0 unspecified atom stereocenters. The van der Waals surface area contributed by atoms with Gasteiger partial charge in [-0.25, -0.2) is 4.79 Å². The van der Waals surface area contributed by atoms with E-state index < -0.39 is 5.97 Å². The van der Waals surface area contributed by atoms with Gasteiger partial charge < -0.3 is 25.1 Å². The van der Waals surface area contributed by atoms with E-state index in [0.717, 1.165) is 22.5 Å². The Morgan fingerprint density at radius 3 is 2.61 bits per heavy atom. The van der Waals surface area contributed by atoms with Crippen LogP contribution in [0, 0.1) is 6.92 Å². The zero-order chi connectivity index (χ0) is 26.6. The summed E-state index contributed by atoms with van der Waals surface area (Å²) in [6.45, 7) is 2.35. The Morgan fingerprint density at radius 1 is 1.08 bits per heavy atom.